The van der Waals surface area contributed by atoms with Gasteiger partial charge < -0.3 is 4.74 Å². The zero-order valence-corrected chi connectivity index (χ0v) is 15.1. The van der Waals surface area contributed by atoms with Crippen molar-refractivity contribution in [3.63, 3.8) is 0 Å². The molecule has 1 aliphatic carbocycles. The van der Waals surface area contributed by atoms with E-state index in [0.717, 1.165) is 0 Å². The number of nitrogens with zero attached hydrogens (tertiary/aromatic N) is 1. The van der Waals surface area contributed by atoms with E-state index in [-0.39, 0.29) is 12.1 Å². The van der Waals surface area contributed by atoms with E-state index in [1.165, 1.54) is 0 Å². The van der Waals surface area contributed by atoms with Crippen molar-refractivity contribution >= 4 is 27.9 Å². The monoisotopic (exact) mass is 420 g/mol. The highest BCUT2D eigenvalue weighted by Gasteiger charge is 2.63. The summed E-state index contributed by atoms with van der Waals surface area (Å²) >= 11 is 3.33. The molecule has 0 aromatic heterocycles. The van der Waals surface area contributed by atoms with Crippen LogP contribution in [0, 0.1) is 5.92 Å². The van der Waals surface area contributed by atoms with Crippen LogP contribution in [0.4, 0.5) is 8.78 Å². The minimum Gasteiger partial charge on any atom is -0.461 e. The number of carbonyl (C=O) groups excluding carboxylic acids is 1. The van der Waals surface area contributed by atoms with Gasteiger partial charge in [0.2, 0.25) is 0 Å². The fourth-order valence-corrected chi connectivity index (χ4v) is 3.75. The minimum atomic E-state index is -2.72. The number of alkyl halides is 2. The van der Waals surface area contributed by atoms with Gasteiger partial charge in [0.05, 0.1) is 0 Å². The van der Waals surface area contributed by atoms with Gasteiger partial charge in [0.25, 0.3) is 18.4 Å². The Balaban J connectivity index is 1.70. The molecule has 2 aliphatic rings. The number of benzene rings is 2. The van der Waals surface area contributed by atoms with E-state index >= 15 is 0 Å². The van der Waals surface area contributed by atoms with Crippen LogP contribution in [0.1, 0.15) is 22.3 Å². The van der Waals surface area contributed by atoms with Crippen molar-refractivity contribution in [2.45, 2.75) is 24.5 Å². The lowest BCUT2D eigenvalue weighted by molar-refractivity contribution is 0.0185. The average Bonchev–Trinajstić information content (AvgIpc) is 3.41. The summed E-state index contributed by atoms with van der Waals surface area (Å²) < 4.78 is 34.7. The van der Waals surface area contributed by atoms with E-state index in [0.29, 0.717) is 22.0 Å². The molecule has 0 radical (unpaired) electrons. The van der Waals surface area contributed by atoms with E-state index in [1.807, 2.05) is 0 Å². The van der Waals surface area contributed by atoms with Crippen LogP contribution in [0.15, 0.2) is 64.1 Å². The number of nitrogens with one attached hydrogen (secondary N) is 1. The van der Waals surface area contributed by atoms with Crippen LogP contribution < -0.4 is 5.32 Å². The van der Waals surface area contributed by atoms with Crippen molar-refractivity contribution in [2.24, 2.45) is 10.9 Å². The van der Waals surface area contributed by atoms with Crippen molar-refractivity contribution in [3.8, 4) is 0 Å². The number of amidine groups is 1. The molecule has 1 amide bonds. The van der Waals surface area contributed by atoms with Crippen LogP contribution in [-0.4, -0.2) is 24.5 Å². The Hall–Kier alpha value is -2.28. The van der Waals surface area contributed by atoms with Gasteiger partial charge in [0.1, 0.15) is 6.10 Å². The highest BCUT2D eigenvalue weighted by atomic mass is 79.9. The standard InChI is InChI=1S/C19H15BrF2N2O2/c20-13-8-4-7-12(9-13)19(17(21)22)14-10-15(14)26-18(24-19)23-16(25)11-5-2-1-3-6-11/h1-9,14-15,17H,10H2,(H,23,24,25)/t14-,15+,19+/m0/s1. The molecule has 1 saturated carbocycles. The number of fused-ring (bicyclic) bond motifs is 1. The maximum atomic E-state index is 14.2. The molecule has 134 valence electrons. The summed E-state index contributed by atoms with van der Waals surface area (Å²) in [5, 5.41) is 2.53. The fraction of sp³-hybridized carbons (Fsp3) is 0.263. The van der Waals surface area contributed by atoms with E-state index in [9.17, 15) is 13.6 Å². The van der Waals surface area contributed by atoms with E-state index in [4.69, 9.17) is 4.74 Å². The molecule has 0 unspecified atom stereocenters. The van der Waals surface area contributed by atoms with E-state index in [2.05, 4.69) is 26.2 Å². The third-order valence-electron chi connectivity index (χ3n) is 4.72. The smallest absolute Gasteiger partial charge is 0.293 e. The molecular weight excluding hydrogens is 406 g/mol. The van der Waals surface area contributed by atoms with E-state index < -0.39 is 23.8 Å². The predicted octanol–water partition coefficient (Wildman–Crippen LogP) is 4.11. The molecule has 0 spiro atoms. The Morgan fingerprint density at radius 2 is 2.00 bits per heavy atom. The Labute approximate surface area is 157 Å². The van der Waals surface area contributed by atoms with Crippen molar-refractivity contribution in [1.82, 2.24) is 5.32 Å². The highest BCUT2D eigenvalue weighted by Crippen LogP contribution is 2.55. The molecule has 4 rings (SSSR count). The minimum absolute atomic E-state index is 0.155. The second-order valence-corrected chi connectivity index (χ2v) is 7.29. The molecule has 3 atom stereocenters. The molecule has 1 heterocycles. The molecule has 1 fully saturated rings. The van der Waals surface area contributed by atoms with Gasteiger partial charge in [-0.15, -0.1) is 0 Å². The van der Waals surface area contributed by atoms with Crippen LogP contribution in [0.2, 0.25) is 0 Å². The van der Waals surface area contributed by atoms with Gasteiger partial charge >= 0.3 is 0 Å². The molecule has 0 bridgehead atoms. The quantitative estimate of drug-likeness (QED) is 0.811. The lowest BCUT2D eigenvalue weighted by Crippen LogP contribution is -2.45. The lowest BCUT2D eigenvalue weighted by atomic mass is 9.85. The molecule has 2 aromatic rings. The third kappa shape index (κ3) is 2.90. The van der Waals surface area contributed by atoms with Crippen molar-refractivity contribution in [3.05, 3.63) is 70.2 Å². The summed E-state index contributed by atoms with van der Waals surface area (Å²) in [6.45, 7) is 0. The van der Waals surface area contributed by atoms with Crippen LogP contribution in [0.25, 0.3) is 0 Å². The second-order valence-electron chi connectivity index (χ2n) is 6.37. The number of hydrogen-bond donors (Lipinski definition) is 1. The zero-order valence-electron chi connectivity index (χ0n) is 13.5. The van der Waals surface area contributed by atoms with E-state index in [1.54, 1.807) is 54.6 Å². The van der Waals surface area contributed by atoms with Gasteiger partial charge in [0, 0.05) is 16.0 Å². The van der Waals surface area contributed by atoms with Crippen LogP contribution in [-0.2, 0) is 10.3 Å². The Kier molecular flexibility index (Phi) is 4.26. The SMILES string of the molecule is O=C(NC1=N[C@@](c2cccc(Br)c2)(C(F)F)[C@H]2C[C@H]2O1)c1ccccc1. The van der Waals surface area contributed by atoms with Crippen molar-refractivity contribution in [2.75, 3.05) is 0 Å². The molecular formula is C19H15BrF2N2O2. The Morgan fingerprint density at radius 3 is 2.69 bits per heavy atom. The average molecular weight is 421 g/mol. The van der Waals surface area contributed by atoms with Gasteiger partial charge in [-0.25, -0.2) is 13.8 Å². The molecule has 4 nitrogen and oxygen atoms in total. The number of hydrogen-bond acceptors (Lipinski definition) is 3. The Morgan fingerprint density at radius 1 is 1.23 bits per heavy atom. The molecule has 1 N–H and O–H groups in total. The van der Waals surface area contributed by atoms with Crippen LogP contribution >= 0.6 is 15.9 Å². The first-order chi connectivity index (χ1) is 12.5. The lowest BCUT2D eigenvalue weighted by Gasteiger charge is -2.33. The highest BCUT2D eigenvalue weighted by molar-refractivity contribution is 9.10. The molecule has 26 heavy (non-hydrogen) atoms. The normalized spacial score (nSPS) is 26.5. The first-order valence-electron chi connectivity index (χ1n) is 8.18. The van der Waals surface area contributed by atoms with Gasteiger partial charge in [-0.2, -0.15) is 0 Å². The molecule has 1 aliphatic heterocycles. The summed E-state index contributed by atoms with van der Waals surface area (Å²) in [7, 11) is 0. The maximum Gasteiger partial charge on any atom is 0.293 e. The van der Waals surface area contributed by atoms with Crippen LogP contribution in [0.3, 0.4) is 0 Å². The summed E-state index contributed by atoms with van der Waals surface area (Å²) in [4.78, 5) is 16.5. The Bertz CT molecular complexity index is 875. The summed E-state index contributed by atoms with van der Waals surface area (Å²) in [6, 6.07) is 15.1. The van der Waals surface area contributed by atoms with Gasteiger partial charge in [-0.3, -0.25) is 10.1 Å². The number of carbonyl (C=O) groups is 1. The summed E-state index contributed by atoms with van der Waals surface area (Å²) in [6.07, 6.45) is -2.61. The number of ether oxygens (including phenoxy) is 1. The summed E-state index contributed by atoms with van der Waals surface area (Å²) in [5.41, 5.74) is -0.905. The van der Waals surface area contributed by atoms with Gasteiger partial charge in [0.15, 0.2) is 5.54 Å². The predicted molar refractivity (Wildman–Crippen MR) is 96.1 cm³/mol. The van der Waals surface area contributed by atoms with Gasteiger partial charge in [-0.05, 0) is 36.2 Å². The number of amides is 1. The third-order valence-corrected chi connectivity index (χ3v) is 5.22. The first-order valence-corrected chi connectivity index (χ1v) is 8.97. The zero-order chi connectivity index (χ0) is 18.3. The largest absolute Gasteiger partial charge is 0.461 e. The number of halogens is 3. The topological polar surface area (TPSA) is 50.7 Å². The number of rotatable bonds is 3. The maximum absolute atomic E-state index is 14.2. The summed E-state index contributed by atoms with van der Waals surface area (Å²) in [5.74, 6) is -0.852. The number of aliphatic imine (C=N–C) groups is 1. The van der Waals surface area contributed by atoms with Crippen molar-refractivity contribution in [1.29, 1.82) is 0 Å². The van der Waals surface area contributed by atoms with Gasteiger partial charge in [-0.1, -0.05) is 46.3 Å². The molecule has 7 heteroatoms. The van der Waals surface area contributed by atoms with Crippen LogP contribution in [0.5, 0.6) is 0 Å². The molecule has 2 aromatic carbocycles. The second kappa shape index (κ2) is 6.46. The van der Waals surface area contributed by atoms with Crippen molar-refractivity contribution < 1.29 is 18.3 Å². The molecule has 0 saturated heterocycles. The first kappa shape index (κ1) is 17.1. The fourth-order valence-electron chi connectivity index (χ4n) is 3.35.